The highest BCUT2D eigenvalue weighted by atomic mass is 32.1. The lowest BCUT2D eigenvalue weighted by Crippen LogP contribution is -2.26. The van der Waals surface area contributed by atoms with Crippen molar-refractivity contribution >= 4 is 33.2 Å². The zero-order chi connectivity index (χ0) is 15.5. The summed E-state index contributed by atoms with van der Waals surface area (Å²) in [5, 5.41) is 3.91. The number of carbonyl (C=O) groups is 2. The lowest BCUT2D eigenvalue weighted by molar-refractivity contribution is -0.390. The SMILES string of the molecule is NC(=O)c1ccc(CNC(=O)c2cc3ccccc3s2)[nH+]c1. The molecule has 0 saturated heterocycles. The monoisotopic (exact) mass is 312 g/mol. The van der Waals surface area contributed by atoms with Gasteiger partial charge in [-0.15, -0.1) is 11.3 Å². The number of carbonyl (C=O) groups excluding carboxylic acids is 2. The summed E-state index contributed by atoms with van der Waals surface area (Å²) in [6.07, 6.45) is 1.53. The molecule has 0 saturated carbocycles. The lowest BCUT2D eigenvalue weighted by atomic mass is 10.2. The fourth-order valence-electron chi connectivity index (χ4n) is 2.08. The summed E-state index contributed by atoms with van der Waals surface area (Å²) >= 11 is 1.46. The van der Waals surface area contributed by atoms with Crippen molar-refractivity contribution in [2.24, 2.45) is 5.73 Å². The van der Waals surface area contributed by atoms with Crippen LogP contribution in [0.15, 0.2) is 48.7 Å². The fraction of sp³-hybridized carbons (Fsp3) is 0.0625. The first-order valence-corrected chi connectivity index (χ1v) is 7.52. The normalized spacial score (nSPS) is 10.5. The topological polar surface area (TPSA) is 86.3 Å². The Morgan fingerprint density at radius 1 is 1.18 bits per heavy atom. The average molecular weight is 312 g/mol. The Balaban J connectivity index is 1.67. The Morgan fingerprint density at radius 2 is 2.00 bits per heavy atom. The van der Waals surface area contributed by atoms with Gasteiger partial charge in [0, 0.05) is 10.8 Å². The van der Waals surface area contributed by atoms with Crippen molar-refractivity contribution in [1.82, 2.24) is 5.32 Å². The average Bonchev–Trinajstić information content (AvgIpc) is 2.97. The molecule has 3 aromatic rings. The highest BCUT2D eigenvalue weighted by Crippen LogP contribution is 2.25. The molecule has 1 aromatic carbocycles. The summed E-state index contributed by atoms with van der Waals surface area (Å²) in [6.45, 7) is 0.353. The van der Waals surface area contributed by atoms with Gasteiger partial charge in [0.1, 0.15) is 12.1 Å². The first kappa shape index (κ1) is 14.2. The summed E-state index contributed by atoms with van der Waals surface area (Å²) < 4.78 is 1.09. The quantitative estimate of drug-likeness (QED) is 0.769. The maximum absolute atomic E-state index is 12.2. The Morgan fingerprint density at radius 3 is 2.68 bits per heavy atom. The molecule has 0 radical (unpaired) electrons. The molecule has 0 fully saturated rings. The number of amides is 2. The summed E-state index contributed by atoms with van der Waals surface area (Å²) in [7, 11) is 0. The van der Waals surface area contributed by atoms with Gasteiger partial charge in [-0.25, -0.2) is 4.98 Å². The van der Waals surface area contributed by atoms with Crippen molar-refractivity contribution in [2.45, 2.75) is 6.54 Å². The standard InChI is InChI=1S/C16H13N3O2S/c17-15(20)11-5-6-12(18-8-11)9-19-16(21)14-7-10-3-1-2-4-13(10)22-14/h1-8H,9H2,(H2,17,20)(H,19,21)/p+1. The molecule has 0 aliphatic carbocycles. The van der Waals surface area contributed by atoms with E-state index >= 15 is 0 Å². The zero-order valence-electron chi connectivity index (χ0n) is 11.6. The van der Waals surface area contributed by atoms with E-state index in [9.17, 15) is 9.59 Å². The van der Waals surface area contributed by atoms with Crippen LogP contribution in [0.5, 0.6) is 0 Å². The molecule has 3 rings (SSSR count). The van der Waals surface area contributed by atoms with Crippen molar-refractivity contribution in [1.29, 1.82) is 0 Å². The van der Waals surface area contributed by atoms with Gasteiger partial charge in [-0.2, -0.15) is 0 Å². The lowest BCUT2D eigenvalue weighted by Gasteiger charge is -2.00. The Kier molecular flexibility index (Phi) is 3.84. The van der Waals surface area contributed by atoms with E-state index < -0.39 is 5.91 Å². The van der Waals surface area contributed by atoms with Crippen LogP contribution < -0.4 is 16.0 Å². The van der Waals surface area contributed by atoms with Crippen LogP contribution in [0.3, 0.4) is 0 Å². The molecule has 0 spiro atoms. The van der Waals surface area contributed by atoms with Gasteiger partial charge in [0.05, 0.1) is 4.88 Å². The number of primary amides is 1. The number of aromatic nitrogens is 1. The van der Waals surface area contributed by atoms with Gasteiger partial charge < -0.3 is 11.1 Å². The molecule has 22 heavy (non-hydrogen) atoms. The second-order valence-corrected chi connectivity index (χ2v) is 5.88. The molecule has 2 aromatic heterocycles. The predicted octanol–water partition coefficient (Wildman–Crippen LogP) is 1.74. The number of thiophene rings is 1. The van der Waals surface area contributed by atoms with Crippen LogP contribution >= 0.6 is 11.3 Å². The number of benzene rings is 1. The third kappa shape index (κ3) is 2.96. The van der Waals surface area contributed by atoms with Gasteiger partial charge in [-0.05, 0) is 23.6 Å². The van der Waals surface area contributed by atoms with Crippen LogP contribution in [0.25, 0.3) is 10.1 Å². The van der Waals surface area contributed by atoms with Crippen LogP contribution in [0, 0.1) is 0 Å². The molecule has 0 bridgehead atoms. The first-order valence-electron chi connectivity index (χ1n) is 6.71. The fourth-order valence-corrected chi connectivity index (χ4v) is 3.06. The number of aromatic amines is 1. The van der Waals surface area contributed by atoms with E-state index in [1.54, 1.807) is 12.1 Å². The predicted molar refractivity (Wildman–Crippen MR) is 84.5 cm³/mol. The zero-order valence-corrected chi connectivity index (χ0v) is 12.4. The van der Waals surface area contributed by atoms with Crippen molar-refractivity contribution in [3.05, 3.63) is 64.8 Å². The van der Waals surface area contributed by atoms with Gasteiger partial charge in [0.15, 0.2) is 11.9 Å². The molecule has 110 valence electrons. The van der Waals surface area contributed by atoms with Gasteiger partial charge in [-0.1, -0.05) is 18.2 Å². The van der Waals surface area contributed by atoms with Crippen LogP contribution in [-0.2, 0) is 6.54 Å². The Hall–Kier alpha value is -2.73. The van der Waals surface area contributed by atoms with Gasteiger partial charge in [0.2, 0.25) is 0 Å². The largest absolute Gasteiger partial charge is 0.365 e. The summed E-state index contributed by atoms with van der Waals surface area (Å²) in [4.78, 5) is 26.8. The minimum absolute atomic E-state index is 0.117. The highest BCUT2D eigenvalue weighted by Gasteiger charge is 2.12. The molecule has 0 aliphatic rings. The number of nitrogens with two attached hydrogens (primary N) is 1. The van der Waals surface area contributed by atoms with Gasteiger partial charge in [-0.3, -0.25) is 9.59 Å². The minimum atomic E-state index is -0.489. The van der Waals surface area contributed by atoms with Crippen LogP contribution in [0.1, 0.15) is 25.7 Å². The number of fused-ring (bicyclic) bond motifs is 1. The molecule has 2 amide bonds. The second kappa shape index (κ2) is 5.95. The van der Waals surface area contributed by atoms with E-state index in [1.165, 1.54) is 17.5 Å². The minimum Gasteiger partial charge on any atom is -0.365 e. The van der Waals surface area contributed by atoms with Crippen molar-refractivity contribution < 1.29 is 14.6 Å². The Bertz CT molecular complexity index is 807. The molecule has 0 unspecified atom stereocenters. The summed E-state index contributed by atoms with van der Waals surface area (Å²) in [5.41, 5.74) is 6.37. The molecule has 2 heterocycles. The molecule has 5 nitrogen and oxygen atoms in total. The van der Waals surface area contributed by atoms with E-state index in [0.717, 1.165) is 15.8 Å². The first-order chi connectivity index (χ1) is 10.6. The molecular formula is C16H14N3O2S+. The number of rotatable bonds is 4. The smallest absolute Gasteiger partial charge is 0.261 e. The number of nitrogens with one attached hydrogen (secondary N) is 2. The highest BCUT2D eigenvalue weighted by molar-refractivity contribution is 7.20. The van der Waals surface area contributed by atoms with E-state index in [-0.39, 0.29) is 5.91 Å². The summed E-state index contributed by atoms with van der Waals surface area (Å²) in [6, 6.07) is 13.1. The maximum atomic E-state index is 12.2. The summed E-state index contributed by atoms with van der Waals surface area (Å²) in [5.74, 6) is -0.606. The van der Waals surface area contributed by atoms with Crippen molar-refractivity contribution in [3.63, 3.8) is 0 Å². The third-order valence-corrected chi connectivity index (χ3v) is 4.37. The molecule has 4 N–H and O–H groups in total. The van der Waals surface area contributed by atoms with E-state index in [2.05, 4.69) is 10.3 Å². The molecule has 0 atom stereocenters. The Labute approximate surface area is 130 Å². The van der Waals surface area contributed by atoms with E-state index in [0.29, 0.717) is 17.0 Å². The van der Waals surface area contributed by atoms with Gasteiger partial charge >= 0.3 is 0 Å². The number of hydrogen-bond donors (Lipinski definition) is 2. The van der Waals surface area contributed by atoms with Crippen LogP contribution in [0.4, 0.5) is 0 Å². The van der Waals surface area contributed by atoms with Gasteiger partial charge in [0.25, 0.3) is 11.8 Å². The molecular weight excluding hydrogens is 298 g/mol. The number of H-pyrrole nitrogens is 1. The molecule has 0 aliphatic heterocycles. The third-order valence-electron chi connectivity index (χ3n) is 3.25. The number of pyridine rings is 1. The van der Waals surface area contributed by atoms with Crippen molar-refractivity contribution in [3.8, 4) is 0 Å². The second-order valence-electron chi connectivity index (χ2n) is 4.80. The van der Waals surface area contributed by atoms with E-state index in [4.69, 9.17) is 5.73 Å². The maximum Gasteiger partial charge on any atom is 0.261 e. The van der Waals surface area contributed by atoms with Crippen LogP contribution in [-0.4, -0.2) is 11.8 Å². The van der Waals surface area contributed by atoms with Crippen LogP contribution in [0.2, 0.25) is 0 Å². The van der Waals surface area contributed by atoms with Crippen molar-refractivity contribution in [2.75, 3.05) is 0 Å². The molecule has 6 heteroatoms. The number of hydrogen-bond acceptors (Lipinski definition) is 3. The van der Waals surface area contributed by atoms with E-state index in [1.807, 2.05) is 30.3 Å².